The highest BCUT2D eigenvalue weighted by Gasteiger charge is 1.56. The Hall–Kier alpha value is -0.860. The van der Waals surface area contributed by atoms with Gasteiger partial charge in [-0.1, -0.05) is 5.16 Å². The van der Waals surface area contributed by atoms with E-state index in [0.717, 1.165) is 0 Å². The average Bonchev–Trinajstić information content (AvgIpc) is 1.69. The lowest BCUT2D eigenvalue weighted by molar-refractivity contribution is 0.215. The molecule has 0 N–H and O–H groups in total. The smallest absolute Gasteiger partial charge is 0.154 e. The second-order valence-corrected chi connectivity index (χ2v) is 0.811. The third-order valence-electron chi connectivity index (χ3n) is 0.368. The molecule has 0 spiro atoms. The standard InChI is InChI=1S/C4H8N2O/c1-3-5-4-6-7-2/h3-4H,1-2H3/b5-3?,6-4-. The number of aliphatic imine (C=N–C) groups is 1. The van der Waals surface area contributed by atoms with E-state index in [0.29, 0.717) is 0 Å². The minimum absolute atomic E-state index is 1.33. The number of oxime groups is 1. The summed E-state index contributed by atoms with van der Waals surface area (Å²) in [5, 5.41) is 3.34. The van der Waals surface area contributed by atoms with E-state index < -0.39 is 0 Å². The van der Waals surface area contributed by atoms with Gasteiger partial charge >= 0.3 is 0 Å². The second kappa shape index (κ2) is 5.14. The third-order valence-corrected chi connectivity index (χ3v) is 0.368. The van der Waals surface area contributed by atoms with Crippen LogP contribution in [0.2, 0.25) is 0 Å². The maximum Gasteiger partial charge on any atom is 0.154 e. The predicted molar refractivity (Wildman–Crippen MR) is 29.7 cm³/mol. The summed E-state index contributed by atoms with van der Waals surface area (Å²) in [6, 6.07) is 0. The topological polar surface area (TPSA) is 34.0 Å². The third kappa shape index (κ3) is 5.14. The van der Waals surface area contributed by atoms with Crippen molar-refractivity contribution in [2.75, 3.05) is 7.11 Å². The van der Waals surface area contributed by atoms with Gasteiger partial charge in [0, 0.05) is 6.21 Å². The van der Waals surface area contributed by atoms with Gasteiger partial charge in [-0.3, -0.25) is 0 Å². The van der Waals surface area contributed by atoms with Crippen LogP contribution in [-0.4, -0.2) is 19.7 Å². The Morgan fingerprint density at radius 3 is 2.71 bits per heavy atom. The van der Waals surface area contributed by atoms with Crippen molar-refractivity contribution in [3.05, 3.63) is 0 Å². The Kier molecular flexibility index (Phi) is 4.51. The molecular weight excluding hydrogens is 92.1 g/mol. The minimum atomic E-state index is 1.33. The first-order valence-corrected chi connectivity index (χ1v) is 1.94. The minimum Gasteiger partial charge on any atom is -0.398 e. The van der Waals surface area contributed by atoms with Crippen molar-refractivity contribution in [2.45, 2.75) is 6.92 Å². The molecule has 0 aromatic rings. The van der Waals surface area contributed by atoms with Crippen molar-refractivity contribution in [3.63, 3.8) is 0 Å². The highest BCUT2D eigenvalue weighted by atomic mass is 16.6. The van der Waals surface area contributed by atoms with Gasteiger partial charge in [0.15, 0.2) is 6.34 Å². The zero-order valence-corrected chi connectivity index (χ0v) is 4.46. The van der Waals surface area contributed by atoms with E-state index in [1.807, 2.05) is 6.92 Å². The molecule has 0 rings (SSSR count). The highest BCUT2D eigenvalue weighted by molar-refractivity contribution is 5.69. The van der Waals surface area contributed by atoms with Crippen molar-refractivity contribution >= 4 is 12.6 Å². The van der Waals surface area contributed by atoms with Crippen LogP contribution >= 0.6 is 0 Å². The summed E-state index contributed by atoms with van der Waals surface area (Å²) in [5.41, 5.74) is 0. The molecule has 0 bridgehead atoms. The van der Waals surface area contributed by atoms with Crippen LogP contribution in [0.1, 0.15) is 6.92 Å². The average molecular weight is 100 g/mol. The van der Waals surface area contributed by atoms with E-state index in [4.69, 9.17) is 0 Å². The second-order valence-electron chi connectivity index (χ2n) is 0.811. The monoisotopic (exact) mass is 100 g/mol. The maximum atomic E-state index is 4.30. The fourth-order valence-corrected chi connectivity index (χ4v) is 0.141. The lowest BCUT2D eigenvalue weighted by atomic mass is 10.9. The van der Waals surface area contributed by atoms with E-state index in [2.05, 4.69) is 15.0 Å². The van der Waals surface area contributed by atoms with Gasteiger partial charge in [0.1, 0.15) is 7.11 Å². The SMILES string of the molecule is CC=N/C=N\OC. The molecule has 40 valence electrons. The number of hydrogen-bond donors (Lipinski definition) is 0. The quantitative estimate of drug-likeness (QED) is 0.285. The lowest BCUT2D eigenvalue weighted by Gasteiger charge is -1.77. The zero-order valence-electron chi connectivity index (χ0n) is 4.46. The van der Waals surface area contributed by atoms with Crippen LogP contribution in [0.4, 0.5) is 0 Å². The molecule has 0 aromatic heterocycles. The van der Waals surface area contributed by atoms with Crippen molar-refractivity contribution in [2.24, 2.45) is 10.1 Å². The maximum absolute atomic E-state index is 4.30. The Bertz CT molecular complexity index is 77.8. The van der Waals surface area contributed by atoms with Gasteiger partial charge in [-0.25, -0.2) is 4.99 Å². The summed E-state index contributed by atoms with van der Waals surface area (Å²) in [5.74, 6) is 0. The number of hydrogen-bond acceptors (Lipinski definition) is 2. The van der Waals surface area contributed by atoms with Crippen LogP contribution in [-0.2, 0) is 4.84 Å². The van der Waals surface area contributed by atoms with Gasteiger partial charge in [-0.05, 0) is 6.92 Å². The first-order valence-electron chi connectivity index (χ1n) is 1.94. The van der Waals surface area contributed by atoms with Crippen LogP contribution in [0.25, 0.3) is 0 Å². The molecule has 3 heteroatoms. The Labute approximate surface area is 42.7 Å². The Morgan fingerprint density at radius 2 is 2.29 bits per heavy atom. The van der Waals surface area contributed by atoms with Gasteiger partial charge in [0.2, 0.25) is 0 Å². The summed E-state index contributed by atoms with van der Waals surface area (Å²) < 4.78 is 0. The van der Waals surface area contributed by atoms with Gasteiger partial charge < -0.3 is 4.84 Å². The largest absolute Gasteiger partial charge is 0.398 e. The molecule has 0 radical (unpaired) electrons. The van der Waals surface area contributed by atoms with E-state index in [-0.39, 0.29) is 0 Å². The molecule has 0 heterocycles. The van der Waals surface area contributed by atoms with Gasteiger partial charge in [-0.15, -0.1) is 0 Å². The fraction of sp³-hybridized carbons (Fsp3) is 0.500. The molecule has 0 atom stereocenters. The molecule has 7 heavy (non-hydrogen) atoms. The normalized spacial score (nSPS) is 11.1. The Morgan fingerprint density at radius 1 is 1.57 bits per heavy atom. The van der Waals surface area contributed by atoms with Crippen molar-refractivity contribution in [3.8, 4) is 0 Å². The van der Waals surface area contributed by atoms with Crippen LogP contribution in [0.15, 0.2) is 10.1 Å². The first kappa shape index (κ1) is 6.14. The first-order chi connectivity index (χ1) is 3.41. The van der Waals surface area contributed by atoms with Crippen LogP contribution in [0.5, 0.6) is 0 Å². The summed E-state index contributed by atoms with van der Waals surface area (Å²) in [7, 11) is 1.47. The van der Waals surface area contributed by atoms with Crippen LogP contribution < -0.4 is 0 Å². The Balaban J connectivity index is 3.09. The summed E-state index contributed by atoms with van der Waals surface area (Å²) >= 11 is 0. The van der Waals surface area contributed by atoms with Crippen molar-refractivity contribution < 1.29 is 4.84 Å². The summed E-state index contributed by atoms with van der Waals surface area (Å²) in [6.07, 6.45) is 2.96. The molecule has 0 aliphatic carbocycles. The van der Waals surface area contributed by atoms with Crippen LogP contribution in [0, 0.1) is 0 Å². The molecule has 0 saturated carbocycles. The van der Waals surface area contributed by atoms with Gasteiger partial charge in [0.25, 0.3) is 0 Å². The van der Waals surface area contributed by atoms with Gasteiger partial charge in [-0.2, -0.15) is 0 Å². The van der Waals surface area contributed by atoms with E-state index in [1.54, 1.807) is 6.21 Å². The molecule has 0 saturated heterocycles. The highest BCUT2D eigenvalue weighted by Crippen LogP contribution is 1.62. The molecular formula is C4H8N2O. The lowest BCUT2D eigenvalue weighted by Crippen LogP contribution is -1.68. The number of nitrogens with zero attached hydrogens (tertiary/aromatic N) is 2. The molecule has 0 aliphatic rings. The van der Waals surface area contributed by atoms with E-state index >= 15 is 0 Å². The molecule has 3 nitrogen and oxygen atoms in total. The molecule has 0 aromatic carbocycles. The molecule has 0 aliphatic heterocycles. The van der Waals surface area contributed by atoms with Crippen molar-refractivity contribution in [1.82, 2.24) is 0 Å². The number of rotatable bonds is 2. The molecule has 0 amide bonds. The summed E-state index contributed by atoms with van der Waals surface area (Å²) in [4.78, 5) is 7.92. The summed E-state index contributed by atoms with van der Waals surface area (Å²) in [6.45, 7) is 1.81. The fourth-order valence-electron chi connectivity index (χ4n) is 0.141. The molecule has 0 unspecified atom stereocenters. The zero-order chi connectivity index (χ0) is 5.54. The van der Waals surface area contributed by atoms with Crippen molar-refractivity contribution in [1.29, 1.82) is 0 Å². The van der Waals surface area contributed by atoms with Crippen LogP contribution in [0.3, 0.4) is 0 Å². The van der Waals surface area contributed by atoms with E-state index in [9.17, 15) is 0 Å². The van der Waals surface area contributed by atoms with Gasteiger partial charge in [0.05, 0.1) is 0 Å². The predicted octanol–water partition coefficient (Wildman–Crippen LogP) is 0.667. The van der Waals surface area contributed by atoms with E-state index in [1.165, 1.54) is 13.4 Å². The molecule has 0 fully saturated rings.